The van der Waals surface area contributed by atoms with Gasteiger partial charge in [-0.25, -0.2) is 0 Å². The van der Waals surface area contributed by atoms with Gasteiger partial charge in [0.25, 0.3) is 6.47 Å². The summed E-state index contributed by atoms with van der Waals surface area (Å²) in [6.45, 7) is 14.7. The molecule has 0 spiro atoms. The third-order valence-electron chi connectivity index (χ3n) is 5.85. The van der Waals surface area contributed by atoms with E-state index in [1.807, 2.05) is 18.2 Å². The Morgan fingerprint density at radius 3 is 2.32 bits per heavy atom. The van der Waals surface area contributed by atoms with Crippen LogP contribution in [0.2, 0.25) is 0 Å². The summed E-state index contributed by atoms with van der Waals surface area (Å²) in [6.07, 6.45) is 4.55. The van der Waals surface area contributed by atoms with Crippen LogP contribution in [0, 0.1) is 16.2 Å². The summed E-state index contributed by atoms with van der Waals surface area (Å²) in [7, 11) is 1.65. The smallest absolute Gasteiger partial charge is 0.293 e. The first kappa shape index (κ1) is 19.8. The van der Waals surface area contributed by atoms with Gasteiger partial charge < -0.3 is 9.47 Å². The largest absolute Gasteiger partial charge is 0.497 e. The second kappa shape index (κ2) is 7.01. The fraction of sp³-hybridized carbons (Fsp3) is 0.682. The Hall–Kier alpha value is -1.51. The molecule has 0 aliphatic heterocycles. The molecule has 1 fully saturated rings. The molecule has 140 valence electrons. The van der Waals surface area contributed by atoms with Crippen molar-refractivity contribution in [1.29, 1.82) is 0 Å². The Bertz CT molecular complexity index is 612. The molecule has 1 saturated carbocycles. The van der Waals surface area contributed by atoms with Crippen LogP contribution >= 0.6 is 0 Å². The first-order chi connectivity index (χ1) is 11.5. The topological polar surface area (TPSA) is 35.5 Å². The molecule has 0 radical (unpaired) electrons. The zero-order valence-electron chi connectivity index (χ0n) is 16.9. The second-order valence-electron chi connectivity index (χ2n) is 9.68. The fourth-order valence-electron chi connectivity index (χ4n) is 4.29. The lowest BCUT2D eigenvalue weighted by molar-refractivity contribution is -0.133. The van der Waals surface area contributed by atoms with Gasteiger partial charge >= 0.3 is 0 Å². The molecule has 3 nitrogen and oxygen atoms in total. The standard InChI is InChI=1S/C11H12O3.C11H22/c1-13-9-3-4-10-8(6-9)2-5-11(10)14-7-12;1-9(2,3)7-11(6)8-10(11,4)5/h3-4,6-7,11H,2,5H2,1H3;7-8H2,1-6H3. The monoisotopic (exact) mass is 346 g/mol. The number of hydrogen-bond donors (Lipinski definition) is 0. The normalized spacial score (nSPS) is 26.1. The molecule has 0 heterocycles. The van der Waals surface area contributed by atoms with Crippen molar-refractivity contribution in [3.63, 3.8) is 0 Å². The zero-order chi connectivity index (χ0) is 18.9. The molecule has 25 heavy (non-hydrogen) atoms. The van der Waals surface area contributed by atoms with E-state index in [1.54, 1.807) is 7.11 Å². The van der Waals surface area contributed by atoms with Crippen LogP contribution in [0.15, 0.2) is 18.2 Å². The minimum Gasteiger partial charge on any atom is -0.497 e. The second-order valence-corrected chi connectivity index (χ2v) is 9.68. The predicted molar refractivity (Wildman–Crippen MR) is 102 cm³/mol. The molecule has 1 aromatic rings. The lowest BCUT2D eigenvalue weighted by atomic mass is 9.80. The average Bonchev–Trinajstić information content (AvgIpc) is 2.82. The average molecular weight is 347 g/mol. The van der Waals surface area contributed by atoms with Gasteiger partial charge in [-0.1, -0.05) is 47.6 Å². The van der Waals surface area contributed by atoms with Crippen LogP contribution in [0.3, 0.4) is 0 Å². The molecular formula is C22H34O3. The summed E-state index contributed by atoms with van der Waals surface area (Å²) in [5, 5.41) is 0. The lowest BCUT2D eigenvalue weighted by Gasteiger charge is -2.25. The molecule has 0 aromatic heterocycles. The summed E-state index contributed by atoms with van der Waals surface area (Å²) in [6, 6.07) is 5.87. The van der Waals surface area contributed by atoms with E-state index in [2.05, 4.69) is 41.5 Å². The summed E-state index contributed by atoms with van der Waals surface area (Å²) in [5.41, 5.74) is 4.07. The van der Waals surface area contributed by atoms with Gasteiger partial charge in [0.15, 0.2) is 0 Å². The molecular weight excluding hydrogens is 312 g/mol. The number of methoxy groups -OCH3 is 1. The van der Waals surface area contributed by atoms with Crippen LogP contribution in [0.5, 0.6) is 5.75 Å². The predicted octanol–water partition coefficient (Wildman–Crippen LogP) is 5.71. The molecule has 1 aromatic carbocycles. The van der Waals surface area contributed by atoms with E-state index in [-0.39, 0.29) is 6.10 Å². The van der Waals surface area contributed by atoms with Crippen molar-refractivity contribution in [1.82, 2.24) is 0 Å². The van der Waals surface area contributed by atoms with Crippen molar-refractivity contribution in [3.05, 3.63) is 29.3 Å². The Labute approximate surface area is 153 Å². The Morgan fingerprint density at radius 1 is 1.24 bits per heavy atom. The van der Waals surface area contributed by atoms with E-state index in [1.165, 1.54) is 18.4 Å². The number of hydrogen-bond acceptors (Lipinski definition) is 3. The van der Waals surface area contributed by atoms with E-state index in [0.717, 1.165) is 24.2 Å². The van der Waals surface area contributed by atoms with Gasteiger partial charge in [0.1, 0.15) is 11.9 Å². The highest BCUT2D eigenvalue weighted by atomic mass is 16.5. The highest BCUT2D eigenvalue weighted by Gasteiger charge is 2.57. The number of fused-ring (bicyclic) bond motifs is 1. The molecule has 2 atom stereocenters. The van der Waals surface area contributed by atoms with Crippen molar-refractivity contribution in [3.8, 4) is 5.75 Å². The maximum Gasteiger partial charge on any atom is 0.293 e. The third kappa shape index (κ3) is 4.77. The number of rotatable bonds is 4. The van der Waals surface area contributed by atoms with Crippen LogP contribution in [-0.2, 0) is 16.0 Å². The SMILES string of the molecule is CC(C)(C)CC1(C)CC1(C)C.COc1ccc2c(c1)CCC2OC=O. The minimum absolute atomic E-state index is 0.0617. The highest BCUT2D eigenvalue weighted by molar-refractivity contribution is 5.44. The number of benzene rings is 1. The maximum atomic E-state index is 10.2. The highest BCUT2D eigenvalue weighted by Crippen LogP contribution is 2.67. The summed E-state index contributed by atoms with van der Waals surface area (Å²) < 4.78 is 10.1. The first-order valence-electron chi connectivity index (χ1n) is 9.27. The van der Waals surface area contributed by atoms with Crippen LogP contribution < -0.4 is 4.74 Å². The molecule has 0 saturated heterocycles. The van der Waals surface area contributed by atoms with Crippen molar-refractivity contribution < 1.29 is 14.3 Å². The first-order valence-corrected chi connectivity index (χ1v) is 9.27. The van der Waals surface area contributed by atoms with Gasteiger partial charge in [-0.2, -0.15) is 0 Å². The maximum absolute atomic E-state index is 10.2. The van der Waals surface area contributed by atoms with Gasteiger partial charge in [-0.05, 0) is 65.2 Å². The van der Waals surface area contributed by atoms with Crippen molar-refractivity contribution in [2.24, 2.45) is 16.2 Å². The van der Waals surface area contributed by atoms with Crippen LogP contribution in [0.1, 0.15) is 78.0 Å². The van der Waals surface area contributed by atoms with E-state index >= 15 is 0 Å². The number of carbonyl (C=O) groups excluding carboxylic acids is 1. The summed E-state index contributed by atoms with van der Waals surface area (Å²) >= 11 is 0. The van der Waals surface area contributed by atoms with Gasteiger partial charge in [0.05, 0.1) is 7.11 Å². The molecule has 0 bridgehead atoms. The van der Waals surface area contributed by atoms with Crippen molar-refractivity contribution >= 4 is 6.47 Å². The summed E-state index contributed by atoms with van der Waals surface area (Å²) in [5.74, 6) is 0.857. The van der Waals surface area contributed by atoms with E-state index in [9.17, 15) is 4.79 Å². The Balaban J connectivity index is 0.000000186. The van der Waals surface area contributed by atoms with Crippen LogP contribution in [0.4, 0.5) is 0 Å². The number of carbonyl (C=O) groups is 1. The molecule has 0 amide bonds. The Kier molecular flexibility index (Phi) is 5.56. The molecule has 2 aliphatic rings. The molecule has 2 aliphatic carbocycles. The fourth-order valence-corrected chi connectivity index (χ4v) is 4.29. The van der Waals surface area contributed by atoms with Gasteiger partial charge in [0.2, 0.25) is 0 Å². The number of aryl methyl sites for hydroxylation is 1. The molecule has 0 N–H and O–H groups in total. The van der Waals surface area contributed by atoms with Gasteiger partial charge in [0, 0.05) is 0 Å². The van der Waals surface area contributed by atoms with Crippen LogP contribution in [-0.4, -0.2) is 13.6 Å². The Morgan fingerprint density at radius 2 is 1.88 bits per heavy atom. The van der Waals surface area contributed by atoms with E-state index in [4.69, 9.17) is 9.47 Å². The van der Waals surface area contributed by atoms with E-state index in [0.29, 0.717) is 22.7 Å². The van der Waals surface area contributed by atoms with Crippen LogP contribution in [0.25, 0.3) is 0 Å². The molecule has 3 rings (SSSR count). The lowest BCUT2D eigenvalue weighted by Crippen LogP contribution is -2.15. The van der Waals surface area contributed by atoms with Crippen molar-refractivity contribution in [2.45, 2.75) is 73.3 Å². The molecule has 3 heteroatoms. The number of ether oxygens (including phenoxy) is 2. The summed E-state index contributed by atoms with van der Waals surface area (Å²) in [4.78, 5) is 10.2. The third-order valence-corrected chi connectivity index (χ3v) is 5.85. The van der Waals surface area contributed by atoms with Crippen molar-refractivity contribution in [2.75, 3.05) is 7.11 Å². The van der Waals surface area contributed by atoms with E-state index < -0.39 is 0 Å². The van der Waals surface area contributed by atoms with Gasteiger partial charge in [-0.15, -0.1) is 0 Å². The van der Waals surface area contributed by atoms with Gasteiger partial charge in [-0.3, -0.25) is 4.79 Å². The quantitative estimate of drug-likeness (QED) is 0.655. The molecule has 2 unspecified atom stereocenters. The zero-order valence-corrected chi connectivity index (χ0v) is 16.9. The minimum atomic E-state index is -0.0617.